The van der Waals surface area contributed by atoms with Gasteiger partial charge in [0.1, 0.15) is 5.76 Å². The highest BCUT2D eigenvalue weighted by Crippen LogP contribution is 2.21. The normalized spacial score (nSPS) is 11.9. The van der Waals surface area contributed by atoms with E-state index >= 15 is 0 Å². The lowest BCUT2D eigenvalue weighted by molar-refractivity contribution is -0.137. The minimum atomic E-state index is -0.791. The molecule has 14 heavy (non-hydrogen) atoms. The van der Waals surface area contributed by atoms with Crippen molar-refractivity contribution in [3.63, 3.8) is 0 Å². The standard InChI is InChI=1S/C11H12O3/c1-2-9(5-3-7-11(12)13)10-6-4-8-14-10/h1,4,6,8-9H,3,5,7H2,(H,12,13). The molecule has 0 aliphatic heterocycles. The molecule has 0 fully saturated rings. The zero-order chi connectivity index (χ0) is 10.4. The van der Waals surface area contributed by atoms with Crippen LogP contribution in [0.15, 0.2) is 22.8 Å². The smallest absolute Gasteiger partial charge is 0.303 e. The molecule has 0 aliphatic carbocycles. The second-order valence-corrected chi connectivity index (χ2v) is 3.02. The van der Waals surface area contributed by atoms with Gasteiger partial charge >= 0.3 is 5.97 Å². The van der Waals surface area contributed by atoms with Gasteiger partial charge in [-0.25, -0.2) is 0 Å². The highest BCUT2D eigenvalue weighted by atomic mass is 16.4. The third kappa shape index (κ3) is 2.98. The summed E-state index contributed by atoms with van der Waals surface area (Å²) in [4.78, 5) is 10.3. The molecule has 3 heteroatoms. The molecule has 0 saturated carbocycles. The van der Waals surface area contributed by atoms with E-state index in [1.165, 1.54) is 0 Å². The first-order valence-electron chi connectivity index (χ1n) is 4.45. The Morgan fingerprint density at radius 2 is 2.50 bits per heavy atom. The first-order chi connectivity index (χ1) is 6.74. The second-order valence-electron chi connectivity index (χ2n) is 3.02. The van der Waals surface area contributed by atoms with Gasteiger partial charge in [-0.1, -0.05) is 5.92 Å². The fraction of sp³-hybridized carbons (Fsp3) is 0.364. The molecule has 0 amide bonds. The van der Waals surface area contributed by atoms with Crippen LogP contribution in [0.25, 0.3) is 0 Å². The molecule has 1 N–H and O–H groups in total. The quantitative estimate of drug-likeness (QED) is 0.728. The summed E-state index contributed by atoms with van der Waals surface area (Å²) < 4.78 is 5.15. The average molecular weight is 192 g/mol. The van der Waals surface area contributed by atoms with Gasteiger partial charge in [0.2, 0.25) is 0 Å². The first kappa shape index (κ1) is 10.4. The first-order valence-corrected chi connectivity index (χ1v) is 4.45. The topological polar surface area (TPSA) is 50.4 Å². The van der Waals surface area contributed by atoms with E-state index in [0.717, 1.165) is 5.76 Å². The summed E-state index contributed by atoms with van der Waals surface area (Å²) in [5.41, 5.74) is 0. The maximum atomic E-state index is 10.3. The van der Waals surface area contributed by atoms with Crippen LogP contribution in [0.3, 0.4) is 0 Å². The molecule has 0 aliphatic rings. The van der Waals surface area contributed by atoms with Crippen molar-refractivity contribution in [3.8, 4) is 12.3 Å². The molecule has 0 spiro atoms. The van der Waals surface area contributed by atoms with E-state index in [4.69, 9.17) is 15.9 Å². The third-order valence-electron chi connectivity index (χ3n) is 1.97. The number of carboxylic acids is 1. The Balaban J connectivity index is 2.42. The van der Waals surface area contributed by atoms with Crippen molar-refractivity contribution >= 4 is 5.97 Å². The monoisotopic (exact) mass is 192 g/mol. The molecular formula is C11H12O3. The second kappa shape index (κ2) is 5.13. The number of carboxylic acid groups (broad SMARTS) is 1. The highest BCUT2D eigenvalue weighted by Gasteiger charge is 2.11. The van der Waals surface area contributed by atoms with Crippen molar-refractivity contribution in [2.24, 2.45) is 0 Å². The fourth-order valence-corrected chi connectivity index (χ4v) is 1.25. The summed E-state index contributed by atoms with van der Waals surface area (Å²) in [6.45, 7) is 0. The van der Waals surface area contributed by atoms with E-state index in [1.807, 2.05) is 6.07 Å². The Labute approximate surface area is 82.7 Å². The average Bonchev–Trinajstić information content (AvgIpc) is 2.64. The lowest BCUT2D eigenvalue weighted by Gasteiger charge is -2.05. The minimum absolute atomic E-state index is 0.107. The van der Waals surface area contributed by atoms with Crippen molar-refractivity contribution in [3.05, 3.63) is 24.2 Å². The molecule has 1 aromatic rings. The van der Waals surface area contributed by atoms with Crippen LogP contribution in [0.5, 0.6) is 0 Å². The molecule has 1 atom stereocenters. The maximum Gasteiger partial charge on any atom is 0.303 e. The van der Waals surface area contributed by atoms with E-state index in [-0.39, 0.29) is 12.3 Å². The summed E-state index contributed by atoms with van der Waals surface area (Å²) in [5.74, 6) is 2.43. The minimum Gasteiger partial charge on any atom is -0.481 e. The third-order valence-corrected chi connectivity index (χ3v) is 1.97. The lowest BCUT2D eigenvalue weighted by atomic mass is 10.0. The fourth-order valence-electron chi connectivity index (χ4n) is 1.25. The number of furan rings is 1. The molecule has 1 aromatic heterocycles. The summed E-state index contributed by atoms with van der Waals surface area (Å²) in [6.07, 6.45) is 8.26. The van der Waals surface area contributed by atoms with Crippen LogP contribution in [0.2, 0.25) is 0 Å². The van der Waals surface area contributed by atoms with Crippen LogP contribution in [-0.4, -0.2) is 11.1 Å². The number of rotatable bonds is 5. The molecular weight excluding hydrogens is 180 g/mol. The van der Waals surface area contributed by atoms with Crippen molar-refractivity contribution in [1.29, 1.82) is 0 Å². The molecule has 0 radical (unpaired) electrons. The summed E-state index contributed by atoms with van der Waals surface area (Å²) in [7, 11) is 0. The van der Waals surface area contributed by atoms with E-state index in [1.54, 1.807) is 12.3 Å². The number of hydrogen-bond donors (Lipinski definition) is 1. The Morgan fingerprint density at radius 1 is 1.71 bits per heavy atom. The van der Waals surface area contributed by atoms with Crippen LogP contribution in [0, 0.1) is 12.3 Å². The number of aliphatic carboxylic acids is 1. The molecule has 0 bridgehead atoms. The van der Waals surface area contributed by atoms with Crippen LogP contribution < -0.4 is 0 Å². The van der Waals surface area contributed by atoms with Gasteiger partial charge in [0, 0.05) is 6.42 Å². The van der Waals surface area contributed by atoms with E-state index in [0.29, 0.717) is 12.8 Å². The molecule has 74 valence electrons. The van der Waals surface area contributed by atoms with Crippen LogP contribution in [-0.2, 0) is 4.79 Å². The van der Waals surface area contributed by atoms with Crippen LogP contribution in [0.1, 0.15) is 30.9 Å². The zero-order valence-corrected chi connectivity index (χ0v) is 7.77. The van der Waals surface area contributed by atoms with Gasteiger partial charge < -0.3 is 9.52 Å². The molecule has 1 rings (SSSR count). The SMILES string of the molecule is C#CC(CCCC(=O)O)c1ccco1. The van der Waals surface area contributed by atoms with E-state index in [9.17, 15) is 4.79 Å². The van der Waals surface area contributed by atoms with Gasteiger partial charge in [-0.15, -0.1) is 6.42 Å². The number of carbonyl (C=O) groups is 1. The van der Waals surface area contributed by atoms with Gasteiger partial charge in [0.05, 0.1) is 12.2 Å². The molecule has 1 heterocycles. The Hall–Kier alpha value is -1.69. The summed E-state index contributed by atoms with van der Waals surface area (Å²) in [5, 5.41) is 8.45. The van der Waals surface area contributed by atoms with Crippen molar-refractivity contribution in [2.75, 3.05) is 0 Å². The largest absolute Gasteiger partial charge is 0.481 e. The van der Waals surface area contributed by atoms with Gasteiger partial charge in [0.25, 0.3) is 0 Å². The van der Waals surface area contributed by atoms with Crippen LogP contribution in [0.4, 0.5) is 0 Å². The van der Waals surface area contributed by atoms with Crippen molar-refractivity contribution < 1.29 is 14.3 Å². The highest BCUT2D eigenvalue weighted by molar-refractivity contribution is 5.66. The van der Waals surface area contributed by atoms with E-state index in [2.05, 4.69) is 5.92 Å². The number of hydrogen-bond acceptors (Lipinski definition) is 2. The van der Waals surface area contributed by atoms with Gasteiger partial charge in [-0.3, -0.25) is 4.79 Å². The predicted octanol–water partition coefficient (Wildman–Crippen LogP) is 2.25. The molecule has 0 aromatic carbocycles. The Morgan fingerprint density at radius 3 is 3.00 bits per heavy atom. The molecule has 0 saturated heterocycles. The number of terminal acetylenes is 1. The summed E-state index contributed by atoms with van der Waals surface area (Å²) in [6, 6.07) is 3.59. The maximum absolute atomic E-state index is 10.3. The van der Waals surface area contributed by atoms with Crippen molar-refractivity contribution in [2.45, 2.75) is 25.2 Å². The zero-order valence-electron chi connectivity index (χ0n) is 7.77. The van der Waals surface area contributed by atoms with E-state index < -0.39 is 5.97 Å². The Kier molecular flexibility index (Phi) is 3.81. The Bertz CT molecular complexity index is 319. The summed E-state index contributed by atoms with van der Waals surface area (Å²) >= 11 is 0. The molecule has 3 nitrogen and oxygen atoms in total. The van der Waals surface area contributed by atoms with Gasteiger partial charge in [-0.05, 0) is 25.0 Å². The van der Waals surface area contributed by atoms with Gasteiger partial charge in [-0.2, -0.15) is 0 Å². The lowest BCUT2D eigenvalue weighted by Crippen LogP contribution is -1.98. The van der Waals surface area contributed by atoms with Gasteiger partial charge in [0.15, 0.2) is 0 Å². The molecule has 1 unspecified atom stereocenters. The van der Waals surface area contributed by atoms with Crippen molar-refractivity contribution in [1.82, 2.24) is 0 Å². The predicted molar refractivity (Wildman–Crippen MR) is 51.8 cm³/mol. The van der Waals surface area contributed by atoms with Crippen LogP contribution >= 0.6 is 0 Å².